The van der Waals surface area contributed by atoms with Gasteiger partial charge in [0.1, 0.15) is 0 Å². The van der Waals surface area contributed by atoms with E-state index in [-0.39, 0.29) is 0 Å². The highest BCUT2D eigenvalue weighted by Crippen LogP contribution is 2.16. The average Bonchev–Trinajstić information content (AvgIpc) is 2.51. The van der Waals surface area contributed by atoms with Gasteiger partial charge in [-0.05, 0) is 71.9 Å². The molecule has 2 N–H and O–H groups in total. The Morgan fingerprint density at radius 1 is 0.682 bits per heavy atom. The Morgan fingerprint density at radius 2 is 1.23 bits per heavy atom. The molecule has 3 nitrogen and oxygen atoms in total. The highest BCUT2D eigenvalue weighted by atomic mass is 16.5. The van der Waals surface area contributed by atoms with Crippen molar-refractivity contribution in [3.63, 3.8) is 0 Å². The van der Waals surface area contributed by atoms with Crippen molar-refractivity contribution in [2.24, 2.45) is 5.92 Å². The molecule has 0 radical (unpaired) electrons. The molecule has 0 spiro atoms. The zero-order valence-electron chi connectivity index (χ0n) is 15.5. The normalized spacial score (nSPS) is 35.5. The third kappa shape index (κ3) is 9.12. The lowest BCUT2D eigenvalue weighted by Gasteiger charge is -2.23. The standard InChI is InChI=1S/C19H40N2O/c1-16-12-8-5-6-9-13-20-17(2)18(3)21-14-10-7-11-15-22-19(16)4/h16-21H,5-15H2,1-4H3. The van der Waals surface area contributed by atoms with Crippen LogP contribution < -0.4 is 10.6 Å². The summed E-state index contributed by atoms with van der Waals surface area (Å²) in [6.45, 7) is 12.4. The molecule has 0 aromatic heterocycles. The summed E-state index contributed by atoms with van der Waals surface area (Å²) >= 11 is 0. The quantitative estimate of drug-likeness (QED) is 0.706. The fraction of sp³-hybridized carbons (Fsp3) is 1.00. The van der Waals surface area contributed by atoms with Crippen LogP contribution in [-0.4, -0.2) is 37.9 Å². The summed E-state index contributed by atoms with van der Waals surface area (Å²) in [5.41, 5.74) is 0. The van der Waals surface area contributed by atoms with Gasteiger partial charge in [-0.25, -0.2) is 0 Å². The number of ether oxygens (including phenoxy) is 1. The van der Waals surface area contributed by atoms with Crippen LogP contribution in [0.3, 0.4) is 0 Å². The van der Waals surface area contributed by atoms with E-state index in [1.54, 1.807) is 0 Å². The molecule has 0 bridgehead atoms. The molecule has 4 unspecified atom stereocenters. The van der Waals surface area contributed by atoms with Crippen LogP contribution in [0.1, 0.15) is 79.1 Å². The summed E-state index contributed by atoms with van der Waals surface area (Å²) in [4.78, 5) is 0. The molecule has 3 heteroatoms. The van der Waals surface area contributed by atoms with Gasteiger partial charge in [-0.2, -0.15) is 0 Å². The molecule has 1 rings (SSSR count). The second-order valence-corrected chi connectivity index (χ2v) is 7.30. The van der Waals surface area contributed by atoms with Crippen molar-refractivity contribution in [3.05, 3.63) is 0 Å². The van der Waals surface area contributed by atoms with E-state index in [1.807, 2.05) is 0 Å². The zero-order valence-corrected chi connectivity index (χ0v) is 15.5. The van der Waals surface area contributed by atoms with Gasteiger partial charge in [-0.3, -0.25) is 0 Å². The van der Waals surface area contributed by atoms with Crippen molar-refractivity contribution in [1.29, 1.82) is 0 Å². The lowest BCUT2D eigenvalue weighted by molar-refractivity contribution is 0.0248. The smallest absolute Gasteiger partial charge is 0.0572 e. The van der Waals surface area contributed by atoms with Gasteiger partial charge < -0.3 is 15.4 Å². The number of rotatable bonds is 0. The first-order valence-corrected chi connectivity index (χ1v) is 9.69. The molecule has 1 fully saturated rings. The van der Waals surface area contributed by atoms with Crippen LogP contribution in [0, 0.1) is 5.92 Å². The summed E-state index contributed by atoms with van der Waals surface area (Å²) in [6.07, 6.45) is 10.8. The molecule has 0 amide bonds. The monoisotopic (exact) mass is 312 g/mol. The first-order chi connectivity index (χ1) is 10.6. The second kappa shape index (κ2) is 12.3. The van der Waals surface area contributed by atoms with E-state index in [2.05, 4.69) is 38.3 Å². The Morgan fingerprint density at radius 3 is 1.86 bits per heavy atom. The van der Waals surface area contributed by atoms with E-state index < -0.39 is 0 Å². The lowest BCUT2D eigenvalue weighted by Crippen LogP contribution is -2.44. The van der Waals surface area contributed by atoms with Crippen molar-refractivity contribution in [1.82, 2.24) is 10.6 Å². The largest absolute Gasteiger partial charge is 0.378 e. The average molecular weight is 313 g/mol. The lowest BCUT2D eigenvalue weighted by atomic mass is 9.98. The molecule has 0 aromatic carbocycles. The maximum absolute atomic E-state index is 6.01. The van der Waals surface area contributed by atoms with E-state index in [4.69, 9.17) is 4.74 Å². The van der Waals surface area contributed by atoms with Crippen LogP contribution in [0.15, 0.2) is 0 Å². The third-order valence-electron chi connectivity index (χ3n) is 5.27. The molecule has 0 saturated carbocycles. The Kier molecular flexibility index (Phi) is 11.2. The van der Waals surface area contributed by atoms with Crippen molar-refractivity contribution in [2.45, 2.75) is 97.2 Å². The fourth-order valence-electron chi connectivity index (χ4n) is 3.03. The van der Waals surface area contributed by atoms with Crippen molar-refractivity contribution >= 4 is 0 Å². The fourth-order valence-corrected chi connectivity index (χ4v) is 3.03. The minimum atomic E-state index is 0.416. The van der Waals surface area contributed by atoms with Crippen molar-refractivity contribution in [3.8, 4) is 0 Å². The maximum atomic E-state index is 6.01. The minimum absolute atomic E-state index is 0.416. The highest BCUT2D eigenvalue weighted by Gasteiger charge is 2.13. The molecular weight excluding hydrogens is 272 g/mol. The van der Waals surface area contributed by atoms with E-state index in [0.717, 1.165) is 19.7 Å². The van der Waals surface area contributed by atoms with E-state index in [1.165, 1.54) is 51.4 Å². The van der Waals surface area contributed by atoms with E-state index >= 15 is 0 Å². The molecular formula is C19H40N2O. The third-order valence-corrected chi connectivity index (χ3v) is 5.27. The first-order valence-electron chi connectivity index (χ1n) is 9.69. The number of hydrogen-bond donors (Lipinski definition) is 2. The van der Waals surface area contributed by atoms with Gasteiger partial charge in [0.15, 0.2) is 0 Å². The Balaban J connectivity index is 2.31. The Labute approximate surface area is 139 Å². The van der Waals surface area contributed by atoms with Gasteiger partial charge in [0.25, 0.3) is 0 Å². The Bertz CT molecular complexity index is 210. The number of nitrogens with one attached hydrogen (secondary N) is 2. The maximum Gasteiger partial charge on any atom is 0.0572 e. The first kappa shape index (κ1) is 19.9. The molecule has 1 aliphatic rings. The van der Waals surface area contributed by atoms with Crippen LogP contribution in [0.4, 0.5) is 0 Å². The van der Waals surface area contributed by atoms with Crippen LogP contribution in [0.2, 0.25) is 0 Å². The van der Waals surface area contributed by atoms with Gasteiger partial charge in [0.2, 0.25) is 0 Å². The summed E-state index contributed by atoms with van der Waals surface area (Å²) in [5.74, 6) is 0.694. The summed E-state index contributed by atoms with van der Waals surface area (Å²) < 4.78 is 6.01. The molecule has 22 heavy (non-hydrogen) atoms. The van der Waals surface area contributed by atoms with Crippen LogP contribution in [-0.2, 0) is 4.74 Å². The van der Waals surface area contributed by atoms with E-state index in [0.29, 0.717) is 24.1 Å². The predicted molar refractivity (Wildman–Crippen MR) is 96.4 cm³/mol. The summed E-state index contributed by atoms with van der Waals surface area (Å²) in [7, 11) is 0. The molecule has 1 heterocycles. The van der Waals surface area contributed by atoms with E-state index in [9.17, 15) is 0 Å². The minimum Gasteiger partial charge on any atom is -0.378 e. The van der Waals surface area contributed by atoms with Crippen LogP contribution >= 0.6 is 0 Å². The van der Waals surface area contributed by atoms with Crippen molar-refractivity contribution in [2.75, 3.05) is 19.7 Å². The van der Waals surface area contributed by atoms with Crippen LogP contribution in [0.5, 0.6) is 0 Å². The van der Waals surface area contributed by atoms with Gasteiger partial charge in [-0.1, -0.05) is 26.2 Å². The summed E-state index contributed by atoms with van der Waals surface area (Å²) in [5, 5.41) is 7.32. The summed E-state index contributed by atoms with van der Waals surface area (Å²) in [6, 6.07) is 1.11. The molecule has 4 atom stereocenters. The van der Waals surface area contributed by atoms with Crippen molar-refractivity contribution < 1.29 is 4.74 Å². The van der Waals surface area contributed by atoms with Crippen LogP contribution in [0.25, 0.3) is 0 Å². The predicted octanol–water partition coefficient (Wildman–Crippen LogP) is 4.12. The SMILES string of the molecule is CC1CCCCCCNC(C)C(C)NCCCCCOC1C. The zero-order chi connectivity index (χ0) is 16.2. The Hall–Kier alpha value is -0.120. The van der Waals surface area contributed by atoms with Gasteiger partial charge >= 0.3 is 0 Å². The van der Waals surface area contributed by atoms with Gasteiger partial charge in [0, 0.05) is 18.7 Å². The molecule has 1 aliphatic heterocycles. The molecule has 0 aliphatic carbocycles. The second-order valence-electron chi connectivity index (χ2n) is 7.30. The molecule has 0 aromatic rings. The molecule has 1 saturated heterocycles. The van der Waals surface area contributed by atoms with Gasteiger partial charge in [0.05, 0.1) is 6.10 Å². The molecule has 132 valence electrons. The van der Waals surface area contributed by atoms with Gasteiger partial charge in [-0.15, -0.1) is 0 Å². The number of hydrogen-bond acceptors (Lipinski definition) is 3. The topological polar surface area (TPSA) is 33.3 Å². The highest BCUT2D eigenvalue weighted by molar-refractivity contribution is 4.74.